The minimum Gasteiger partial charge on any atom is -0.494 e. The van der Waals surface area contributed by atoms with Gasteiger partial charge in [0.2, 0.25) is 23.6 Å². The number of rotatable bonds is 12. The van der Waals surface area contributed by atoms with Crippen molar-refractivity contribution in [2.24, 2.45) is 5.92 Å². The molecule has 2 fully saturated rings. The lowest BCUT2D eigenvalue weighted by molar-refractivity contribution is -0.144. The molecule has 2 aliphatic rings. The molecule has 11 nitrogen and oxygen atoms in total. The monoisotopic (exact) mass is 600 g/mol. The van der Waals surface area contributed by atoms with E-state index in [1.54, 1.807) is 18.7 Å². The summed E-state index contributed by atoms with van der Waals surface area (Å²) in [6.45, 7) is 9.59. The number of ketones is 1. The molecular formula is C32H48N4O7. The van der Waals surface area contributed by atoms with E-state index in [4.69, 9.17) is 4.74 Å². The Morgan fingerprint density at radius 2 is 1.74 bits per heavy atom. The van der Waals surface area contributed by atoms with Crippen molar-refractivity contribution in [3.63, 3.8) is 0 Å². The van der Waals surface area contributed by atoms with Crippen molar-refractivity contribution >= 4 is 29.4 Å². The SMILES string of the molecule is CCOc1ccc(C[C@H]2NC(=O)[C@](C)(CC)NC(=O)[C@H](CCCCCC(=O)[C@@H](C)O)NC(=O)C3C[C@H](C)CN3C2=O)cc1. The molecule has 6 atom stereocenters. The molecule has 0 bridgehead atoms. The van der Waals surface area contributed by atoms with Crippen LogP contribution in [0.2, 0.25) is 0 Å². The third-order valence-electron chi connectivity index (χ3n) is 8.50. The second-order valence-electron chi connectivity index (χ2n) is 12.1. The van der Waals surface area contributed by atoms with E-state index in [1.165, 1.54) is 6.92 Å². The van der Waals surface area contributed by atoms with Gasteiger partial charge in [0.25, 0.3) is 0 Å². The van der Waals surface area contributed by atoms with Gasteiger partial charge in [0.05, 0.1) is 6.61 Å². The Kier molecular flexibility index (Phi) is 12.1. The van der Waals surface area contributed by atoms with Gasteiger partial charge in [-0.05, 0) is 70.1 Å². The van der Waals surface area contributed by atoms with Crippen LogP contribution in [0.5, 0.6) is 5.75 Å². The van der Waals surface area contributed by atoms with Crippen LogP contribution in [0.4, 0.5) is 0 Å². The number of benzene rings is 1. The molecule has 0 spiro atoms. The number of nitrogens with one attached hydrogen (secondary N) is 3. The largest absolute Gasteiger partial charge is 0.494 e. The number of Topliss-reactive ketones (excluding diaryl/α,β-unsaturated/α-hetero) is 1. The summed E-state index contributed by atoms with van der Waals surface area (Å²) in [7, 11) is 0. The predicted octanol–water partition coefficient (Wildman–Crippen LogP) is 2.03. The van der Waals surface area contributed by atoms with E-state index >= 15 is 0 Å². The number of nitrogens with zero attached hydrogens (tertiary/aromatic N) is 1. The molecule has 2 aliphatic heterocycles. The molecule has 0 aromatic heterocycles. The number of carbonyl (C=O) groups excluding carboxylic acids is 5. The molecule has 11 heteroatoms. The quantitative estimate of drug-likeness (QED) is 0.268. The zero-order chi connectivity index (χ0) is 31.7. The first-order chi connectivity index (χ1) is 20.4. The molecule has 0 radical (unpaired) electrons. The summed E-state index contributed by atoms with van der Waals surface area (Å²) in [5.41, 5.74) is -0.502. The highest BCUT2D eigenvalue weighted by atomic mass is 16.5. The number of amides is 4. The molecule has 2 heterocycles. The van der Waals surface area contributed by atoms with Crippen LogP contribution < -0.4 is 20.7 Å². The Balaban J connectivity index is 1.85. The van der Waals surface area contributed by atoms with Crippen LogP contribution in [0.3, 0.4) is 0 Å². The average molecular weight is 601 g/mol. The van der Waals surface area contributed by atoms with Crippen molar-refractivity contribution in [1.82, 2.24) is 20.9 Å². The molecular weight excluding hydrogens is 552 g/mol. The van der Waals surface area contributed by atoms with E-state index in [0.717, 1.165) is 5.56 Å². The summed E-state index contributed by atoms with van der Waals surface area (Å²) in [5.74, 6) is -1.15. The minimum absolute atomic E-state index is 0.0614. The average Bonchev–Trinajstić information content (AvgIpc) is 3.37. The fourth-order valence-electron chi connectivity index (χ4n) is 5.61. The molecule has 1 unspecified atom stereocenters. The fraction of sp³-hybridized carbons (Fsp3) is 0.656. The van der Waals surface area contributed by atoms with Gasteiger partial charge in [-0.15, -0.1) is 0 Å². The van der Waals surface area contributed by atoms with Crippen LogP contribution in [-0.4, -0.2) is 82.3 Å². The van der Waals surface area contributed by atoms with Crippen molar-refractivity contribution in [3.8, 4) is 5.75 Å². The molecule has 0 saturated carbocycles. The lowest BCUT2D eigenvalue weighted by atomic mass is 9.94. The standard InChI is InChI=1S/C32H48N4O7/c1-6-32(5)31(42)34-25(18-22-13-15-23(16-14-22)43-7-2)30(41)36-19-20(3)17-26(36)29(40)33-24(28(39)35-32)11-9-8-10-12-27(38)21(4)37/h13-16,20-21,24-26,37H,6-12,17-19H2,1-5H3,(H,33,40)(H,34,42)(H,35,39)/t20-,21+,24-,25+,26?,32-/m0/s1. The van der Waals surface area contributed by atoms with E-state index in [2.05, 4.69) is 16.0 Å². The summed E-state index contributed by atoms with van der Waals surface area (Å²) < 4.78 is 5.52. The van der Waals surface area contributed by atoms with Gasteiger partial charge < -0.3 is 30.7 Å². The number of carbonyl (C=O) groups is 5. The zero-order valence-electron chi connectivity index (χ0n) is 26.1. The van der Waals surface area contributed by atoms with Gasteiger partial charge in [0.1, 0.15) is 35.5 Å². The highest BCUT2D eigenvalue weighted by Crippen LogP contribution is 2.26. The van der Waals surface area contributed by atoms with Crippen LogP contribution in [0.15, 0.2) is 24.3 Å². The highest BCUT2D eigenvalue weighted by molar-refractivity contribution is 5.99. The predicted molar refractivity (Wildman–Crippen MR) is 161 cm³/mol. The van der Waals surface area contributed by atoms with Gasteiger partial charge in [-0.2, -0.15) is 0 Å². The lowest BCUT2D eigenvalue weighted by Gasteiger charge is -2.36. The first-order valence-corrected chi connectivity index (χ1v) is 15.5. The molecule has 4 amide bonds. The number of fused-ring (bicyclic) bond motifs is 1. The zero-order valence-corrected chi connectivity index (χ0v) is 26.1. The van der Waals surface area contributed by atoms with Crippen LogP contribution in [0, 0.1) is 5.92 Å². The van der Waals surface area contributed by atoms with E-state index in [1.807, 2.05) is 38.1 Å². The summed E-state index contributed by atoms with van der Waals surface area (Å²) in [4.78, 5) is 68.2. The Hall–Kier alpha value is -3.47. The lowest BCUT2D eigenvalue weighted by Crippen LogP contribution is -2.65. The fourth-order valence-corrected chi connectivity index (χ4v) is 5.61. The van der Waals surface area contributed by atoms with E-state index in [0.29, 0.717) is 51.0 Å². The van der Waals surface area contributed by atoms with Crippen LogP contribution >= 0.6 is 0 Å². The number of aliphatic hydroxyl groups is 1. The van der Waals surface area contributed by atoms with E-state index < -0.39 is 47.5 Å². The van der Waals surface area contributed by atoms with Crippen LogP contribution in [-0.2, 0) is 30.4 Å². The number of aliphatic hydroxyl groups excluding tert-OH is 1. The smallest absolute Gasteiger partial charge is 0.246 e. The molecule has 2 saturated heterocycles. The Labute approximate surface area is 254 Å². The molecule has 0 aliphatic carbocycles. The summed E-state index contributed by atoms with van der Waals surface area (Å²) in [5, 5.41) is 18.0. The molecule has 4 N–H and O–H groups in total. The topological polar surface area (TPSA) is 154 Å². The van der Waals surface area contributed by atoms with Crippen molar-refractivity contribution < 1.29 is 33.8 Å². The summed E-state index contributed by atoms with van der Waals surface area (Å²) >= 11 is 0. The Morgan fingerprint density at radius 1 is 1.05 bits per heavy atom. The second-order valence-corrected chi connectivity index (χ2v) is 12.1. The molecule has 238 valence electrons. The van der Waals surface area contributed by atoms with Crippen LogP contribution in [0.25, 0.3) is 0 Å². The van der Waals surface area contributed by atoms with Crippen molar-refractivity contribution in [2.75, 3.05) is 13.2 Å². The summed E-state index contributed by atoms with van der Waals surface area (Å²) in [6.07, 6.45) is 2.19. The van der Waals surface area contributed by atoms with Crippen molar-refractivity contribution in [2.45, 2.75) is 116 Å². The first kappa shape index (κ1) is 34.0. The first-order valence-electron chi connectivity index (χ1n) is 15.5. The van der Waals surface area contributed by atoms with E-state index in [9.17, 15) is 29.1 Å². The Morgan fingerprint density at radius 3 is 2.37 bits per heavy atom. The molecule has 43 heavy (non-hydrogen) atoms. The molecule has 3 rings (SSSR count). The number of unbranched alkanes of at least 4 members (excludes halogenated alkanes) is 2. The van der Waals surface area contributed by atoms with Gasteiger partial charge in [0.15, 0.2) is 5.78 Å². The van der Waals surface area contributed by atoms with Gasteiger partial charge in [-0.1, -0.05) is 38.8 Å². The van der Waals surface area contributed by atoms with Crippen molar-refractivity contribution in [3.05, 3.63) is 29.8 Å². The highest BCUT2D eigenvalue weighted by Gasteiger charge is 2.44. The third kappa shape index (κ3) is 9.01. The van der Waals surface area contributed by atoms with Crippen molar-refractivity contribution in [1.29, 1.82) is 0 Å². The van der Waals surface area contributed by atoms with Gasteiger partial charge in [0, 0.05) is 19.4 Å². The molecule has 1 aromatic rings. The normalized spacial score (nSPS) is 27.3. The van der Waals surface area contributed by atoms with E-state index in [-0.39, 0.29) is 36.9 Å². The number of hydrogen-bond donors (Lipinski definition) is 4. The number of hydrogen-bond acceptors (Lipinski definition) is 7. The van der Waals surface area contributed by atoms with Crippen LogP contribution in [0.1, 0.15) is 85.1 Å². The number of ether oxygens (including phenoxy) is 1. The maximum atomic E-state index is 14.0. The molecule has 1 aromatic carbocycles. The summed E-state index contributed by atoms with van der Waals surface area (Å²) in [6, 6.07) is 4.72. The second kappa shape index (κ2) is 15.3. The van der Waals surface area contributed by atoms with Gasteiger partial charge in [-0.25, -0.2) is 0 Å². The third-order valence-corrected chi connectivity index (χ3v) is 8.50. The Bertz CT molecular complexity index is 1150. The maximum Gasteiger partial charge on any atom is 0.246 e. The minimum atomic E-state index is -1.32. The van der Waals surface area contributed by atoms with Gasteiger partial charge in [-0.3, -0.25) is 24.0 Å². The van der Waals surface area contributed by atoms with Gasteiger partial charge >= 0.3 is 0 Å². The maximum absolute atomic E-state index is 14.0.